The molecule has 0 atom stereocenters. The van der Waals surface area contributed by atoms with Crippen molar-refractivity contribution < 1.29 is 19.4 Å². The minimum Gasteiger partial charge on any atom is -0.481 e. The highest BCUT2D eigenvalue weighted by Crippen LogP contribution is 2.30. The second kappa shape index (κ2) is 6.37. The predicted molar refractivity (Wildman–Crippen MR) is 76.6 cm³/mol. The van der Waals surface area contributed by atoms with E-state index in [0.29, 0.717) is 36.1 Å². The van der Waals surface area contributed by atoms with Crippen molar-refractivity contribution in [1.82, 2.24) is 5.32 Å². The van der Waals surface area contributed by atoms with Gasteiger partial charge in [-0.3, -0.25) is 9.59 Å². The number of hydrogen-bond donors (Lipinski definition) is 2. The van der Waals surface area contributed by atoms with Gasteiger partial charge in [-0.05, 0) is 40.9 Å². The van der Waals surface area contributed by atoms with Gasteiger partial charge in [-0.2, -0.15) is 0 Å². The second-order valence-electron chi connectivity index (χ2n) is 4.86. The number of hydrogen-bond acceptors (Lipinski definition) is 3. The van der Waals surface area contributed by atoms with Gasteiger partial charge in [-0.15, -0.1) is 0 Å². The van der Waals surface area contributed by atoms with Gasteiger partial charge in [0.15, 0.2) is 0 Å². The van der Waals surface area contributed by atoms with Gasteiger partial charge in [0.25, 0.3) is 5.91 Å². The van der Waals surface area contributed by atoms with E-state index < -0.39 is 11.4 Å². The summed E-state index contributed by atoms with van der Waals surface area (Å²) in [4.78, 5) is 23.6. The summed E-state index contributed by atoms with van der Waals surface area (Å²) in [6, 6.07) is 7.05. The molecule has 6 heteroatoms. The lowest BCUT2D eigenvalue weighted by Gasteiger charge is -2.33. The molecule has 1 aromatic rings. The monoisotopic (exact) mass is 341 g/mol. The van der Waals surface area contributed by atoms with Crippen LogP contribution in [0.2, 0.25) is 0 Å². The smallest absolute Gasteiger partial charge is 0.311 e. The summed E-state index contributed by atoms with van der Waals surface area (Å²) in [7, 11) is 0. The quantitative estimate of drug-likeness (QED) is 0.878. The third-order valence-electron chi connectivity index (χ3n) is 3.61. The number of aliphatic carboxylic acids is 1. The molecule has 0 bridgehead atoms. The first-order valence-electron chi connectivity index (χ1n) is 6.39. The van der Waals surface area contributed by atoms with E-state index in [1.54, 1.807) is 18.2 Å². The van der Waals surface area contributed by atoms with Crippen molar-refractivity contribution in [3.8, 4) is 0 Å². The van der Waals surface area contributed by atoms with Crippen molar-refractivity contribution in [2.24, 2.45) is 5.41 Å². The third kappa shape index (κ3) is 3.19. The molecule has 1 aliphatic heterocycles. The van der Waals surface area contributed by atoms with Crippen LogP contribution in [0.25, 0.3) is 0 Å². The highest BCUT2D eigenvalue weighted by molar-refractivity contribution is 9.10. The summed E-state index contributed by atoms with van der Waals surface area (Å²) in [5.74, 6) is -1.15. The van der Waals surface area contributed by atoms with Crippen LogP contribution in [0.4, 0.5) is 0 Å². The van der Waals surface area contributed by atoms with Crippen LogP contribution in [0.1, 0.15) is 23.2 Å². The first kappa shape index (κ1) is 15.0. The SMILES string of the molecule is O=C(NCC1(C(=O)O)CCOCC1)c1ccccc1Br. The van der Waals surface area contributed by atoms with Crippen molar-refractivity contribution in [2.75, 3.05) is 19.8 Å². The summed E-state index contributed by atoms with van der Waals surface area (Å²) in [6.45, 7) is 0.945. The zero-order valence-corrected chi connectivity index (χ0v) is 12.5. The number of rotatable bonds is 4. The van der Waals surface area contributed by atoms with Gasteiger partial charge >= 0.3 is 5.97 Å². The Balaban J connectivity index is 2.05. The molecule has 2 N–H and O–H groups in total. The van der Waals surface area contributed by atoms with E-state index >= 15 is 0 Å². The Morgan fingerprint density at radius 3 is 2.55 bits per heavy atom. The molecule has 0 saturated carbocycles. The molecule has 1 heterocycles. The molecule has 1 fully saturated rings. The Labute approximate surface area is 125 Å². The number of carbonyl (C=O) groups excluding carboxylic acids is 1. The molecule has 0 radical (unpaired) electrons. The molecular weight excluding hydrogens is 326 g/mol. The molecule has 2 rings (SSSR count). The van der Waals surface area contributed by atoms with Crippen molar-refractivity contribution in [3.05, 3.63) is 34.3 Å². The fraction of sp³-hybridized carbons (Fsp3) is 0.429. The Bertz CT molecular complexity index is 512. The fourth-order valence-corrected chi connectivity index (χ4v) is 2.68. The molecule has 0 aliphatic carbocycles. The maximum absolute atomic E-state index is 12.1. The molecule has 5 nitrogen and oxygen atoms in total. The van der Waals surface area contributed by atoms with Crippen molar-refractivity contribution in [1.29, 1.82) is 0 Å². The largest absolute Gasteiger partial charge is 0.481 e. The minimum atomic E-state index is -0.921. The summed E-state index contributed by atoms with van der Waals surface area (Å²) in [6.07, 6.45) is 0.831. The number of carboxylic acid groups (broad SMARTS) is 1. The normalized spacial score (nSPS) is 17.4. The van der Waals surface area contributed by atoms with Gasteiger partial charge in [-0.1, -0.05) is 12.1 Å². The molecule has 1 saturated heterocycles. The zero-order valence-electron chi connectivity index (χ0n) is 10.9. The van der Waals surface area contributed by atoms with Crippen LogP contribution in [0, 0.1) is 5.41 Å². The van der Waals surface area contributed by atoms with Crippen LogP contribution in [0.5, 0.6) is 0 Å². The highest BCUT2D eigenvalue weighted by atomic mass is 79.9. The van der Waals surface area contributed by atoms with Crippen molar-refractivity contribution >= 4 is 27.8 Å². The summed E-state index contributed by atoms with van der Waals surface area (Å²) >= 11 is 3.31. The lowest BCUT2D eigenvalue weighted by atomic mass is 9.80. The van der Waals surface area contributed by atoms with Gasteiger partial charge in [0.05, 0.1) is 11.0 Å². The van der Waals surface area contributed by atoms with Crippen LogP contribution in [0.3, 0.4) is 0 Å². The first-order valence-corrected chi connectivity index (χ1v) is 7.18. The first-order chi connectivity index (χ1) is 9.55. The Morgan fingerprint density at radius 1 is 1.30 bits per heavy atom. The van der Waals surface area contributed by atoms with Crippen LogP contribution in [-0.2, 0) is 9.53 Å². The Kier molecular flexibility index (Phi) is 4.77. The van der Waals surface area contributed by atoms with E-state index in [2.05, 4.69) is 21.2 Å². The average molecular weight is 342 g/mol. The number of carboxylic acids is 1. The molecule has 1 amide bonds. The van der Waals surface area contributed by atoms with Crippen molar-refractivity contribution in [3.63, 3.8) is 0 Å². The van der Waals surface area contributed by atoms with Crippen molar-refractivity contribution in [2.45, 2.75) is 12.8 Å². The summed E-state index contributed by atoms with van der Waals surface area (Å²) in [5, 5.41) is 12.1. The zero-order chi connectivity index (χ0) is 14.6. The van der Waals surface area contributed by atoms with Crippen LogP contribution in [0.15, 0.2) is 28.7 Å². The number of benzene rings is 1. The second-order valence-corrected chi connectivity index (χ2v) is 5.71. The lowest BCUT2D eigenvalue weighted by Crippen LogP contribution is -2.46. The van der Waals surface area contributed by atoms with E-state index in [1.165, 1.54) is 0 Å². The predicted octanol–water partition coefficient (Wildman–Crippen LogP) is 2.06. The summed E-state index contributed by atoms with van der Waals surface area (Å²) < 4.78 is 5.89. The van der Waals surface area contributed by atoms with E-state index in [9.17, 15) is 14.7 Å². The fourth-order valence-electron chi connectivity index (χ4n) is 2.22. The average Bonchev–Trinajstić information content (AvgIpc) is 2.46. The molecule has 0 aromatic heterocycles. The van der Waals surface area contributed by atoms with E-state index in [1.807, 2.05) is 6.07 Å². The molecule has 1 aliphatic rings. The minimum absolute atomic E-state index is 0.117. The number of carbonyl (C=O) groups is 2. The molecule has 108 valence electrons. The van der Waals surface area contributed by atoms with Crippen LogP contribution >= 0.6 is 15.9 Å². The molecular formula is C14H16BrNO4. The number of halogens is 1. The maximum atomic E-state index is 12.1. The van der Waals surface area contributed by atoms with Gasteiger partial charge in [0.2, 0.25) is 0 Å². The Morgan fingerprint density at radius 2 is 1.95 bits per heavy atom. The van der Waals surface area contributed by atoms with Crippen LogP contribution < -0.4 is 5.32 Å². The molecule has 0 spiro atoms. The van der Waals surface area contributed by atoms with E-state index in [-0.39, 0.29) is 12.5 Å². The molecule has 20 heavy (non-hydrogen) atoms. The highest BCUT2D eigenvalue weighted by Gasteiger charge is 2.40. The molecule has 0 unspecified atom stereocenters. The maximum Gasteiger partial charge on any atom is 0.311 e. The summed E-state index contributed by atoms with van der Waals surface area (Å²) in [5.41, 5.74) is -0.421. The number of amides is 1. The topological polar surface area (TPSA) is 75.6 Å². The van der Waals surface area contributed by atoms with Gasteiger partial charge in [-0.25, -0.2) is 0 Å². The Hall–Kier alpha value is -1.40. The van der Waals surface area contributed by atoms with Gasteiger partial charge in [0, 0.05) is 24.2 Å². The lowest BCUT2D eigenvalue weighted by molar-refractivity contribution is -0.154. The van der Waals surface area contributed by atoms with Gasteiger partial charge in [0.1, 0.15) is 0 Å². The van der Waals surface area contributed by atoms with Gasteiger partial charge < -0.3 is 15.2 Å². The van der Waals surface area contributed by atoms with E-state index in [4.69, 9.17) is 4.74 Å². The third-order valence-corrected chi connectivity index (χ3v) is 4.30. The van der Waals surface area contributed by atoms with E-state index in [0.717, 1.165) is 0 Å². The molecule has 1 aromatic carbocycles. The van der Waals surface area contributed by atoms with Crippen LogP contribution in [-0.4, -0.2) is 36.7 Å². The number of nitrogens with one attached hydrogen (secondary N) is 1. The number of ether oxygens (including phenoxy) is 1. The standard InChI is InChI=1S/C14H16BrNO4/c15-11-4-2-1-3-10(11)12(17)16-9-14(13(18)19)5-7-20-8-6-14/h1-4H,5-9H2,(H,16,17)(H,18,19).